The van der Waals surface area contributed by atoms with Gasteiger partial charge in [-0.15, -0.1) is 0 Å². The predicted octanol–water partition coefficient (Wildman–Crippen LogP) is 2.20. The number of nitrogens with two attached hydrogens (primary N) is 1. The van der Waals surface area contributed by atoms with Crippen LogP contribution < -0.4 is 10.6 Å². The van der Waals surface area contributed by atoms with Gasteiger partial charge in [0.05, 0.1) is 12.7 Å². The van der Waals surface area contributed by atoms with Crippen LogP contribution in [0.1, 0.15) is 19.8 Å². The van der Waals surface area contributed by atoms with Crippen molar-refractivity contribution in [3.63, 3.8) is 0 Å². The lowest BCUT2D eigenvalue weighted by Crippen LogP contribution is -2.45. The molecule has 0 bridgehead atoms. The maximum atomic E-state index is 12.7. The first-order valence-corrected chi connectivity index (χ1v) is 7.15. The number of hydrogen-bond donors (Lipinski definition) is 1. The molecule has 0 saturated carbocycles. The van der Waals surface area contributed by atoms with E-state index in [1.54, 1.807) is 12.1 Å². The normalized spacial score (nSPS) is 23.8. The van der Waals surface area contributed by atoms with Crippen molar-refractivity contribution in [2.45, 2.75) is 25.9 Å². The maximum Gasteiger partial charge on any atom is 0.123 e. The second-order valence-corrected chi connectivity index (χ2v) is 5.40. The molecule has 2 N–H and O–H groups in total. The summed E-state index contributed by atoms with van der Waals surface area (Å²) in [7, 11) is 0. The standard InChI is InChI=1S/C15H23FN2O2/c1-12-7-9-18(11-15(12)20-17)8-2-10-19-14-5-3-13(16)4-6-14/h3-6,12,15H,2,7-11,17H2,1H3. The van der Waals surface area contributed by atoms with Crippen LogP contribution in [0.15, 0.2) is 24.3 Å². The van der Waals surface area contributed by atoms with Crippen molar-refractivity contribution < 1.29 is 14.0 Å². The Morgan fingerprint density at radius 1 is 1.35 bits per heavy atom. The van der Waals surface area contributed by atoms with Gasteiger partial charge in [-0.3, -0.25) is 4.84 Å². The molecule has 0 radical (unpaired) electrons. The van der Waals surface area contributed by atoms with Gasteiger partial charge < -0.3 is 9.64 Å². The Morgan fingerprint density at radius 3 is 2.80 bits per heavy atom. The first-order valence-electron chi connectivity index (χ1n) is 7.15. The molecule has 4 nitrogen and oxygen atoms in total. The lowest BCUT2D eigenvalue weighted by Gasteiger charge is -2.35. The summed E-state index contributed by atoms with van der Waals surface area (Å²) in [5.74, 6) is 6.30. The Labute approximate surface area is 119 Å². The van der Waals surface area contributed by atoms with E-state index in [0.717, 1.165) is 32.5 Å². The summed E-state index contributed by atoms with van der Waals surface area (Å²) < 4.78 is 18.3. The third-order valence-corrected chi connectivity index (χ3v) is 3.85. The Kier molecular flexibility index (Phi) is 5.76. The highest BCUT2D eigenvalue weighted by atomic mass is 19.1. The first-order chi connectivity index (χ1) is 9.69. The summed E-state index contributed by atoms with van der Waals surface area (Å²) in [5.41, 5.74) is 0. The van der Waals surface area contributed by atoms with Crippen molar-refractivity contribution in [3.05, 3.63) is 30.1 Å². The average molecular weight is 282 g/mol. The molecule has 1 aromatic carbocycles. The molecule has 1 saturated heterocycles. The lowest BCUT2D eigenvalue weighted by molar-refractivity contribution is -0.0346. The number of piperidine rings is 1. The van der Waals surface area contributed by atoms with Gasteiger partial charge >= 0.3 is 0 Å². The van der Waals surface area contributed by atoms with Gasteiger partial charge in [-0.2, -0.15) is 0 Å². The smallest absolute Gasteiger partial charge is 0.123 e. The molecule has 1 aliphatic rings. The van der Waals surface area contributed by atoms with Crippen molar-refractivity contribution in [1.82, 2.24) is 4.90 Å². The van der Waals surface area contributed by atoms with E-state index in [4.69, 9.17) is 15.5 Å². The van der Waals surface area contributed by atoms with E-state index >= 15 is 0 Å². The number of hydrogen-bond acceptors (Lipinski definition) is 4. The van der Waals surface area contributed by atoms with Crippen LogP contribution >= 0.6 is 0 Å². The molecule has 1 aromatic rings. The Morgan fingerprint density at radius 2 is 2.10 bits per heavy atom. The Bertz CT molecular complexity index is 399. The van der Waals surface area contributed by atoms with E-state index in [9.17, 15) is 4.39 Å². The highest BCUT2D eigenvalue weighted by Crippen LogP contribution is 2.19. The third kappa shape index (κ3) is 4.44. The monoisotopic (exact) mass is 282 g/mol. The van der Waals surface area contributed by atoms with Gasteiger partial charge in [0.2, 0.25) is 0 Å². The molecular formula is C15H23FN2O2. The van der Waals surface area contributed by atoms with Crippen LogP contribution in [0.2, 0.25) is 0 Å². The van der Waals surface area contributed by atoms with Crippen LogP contribution in [0.25, 0.3) is 0 Å². The molecule has 1 fully saturated rings. The molecule has 2 rings (SSSR count). The van der Waals surface area contributed by atoms with E-state index in [1.165, 1.54) is 12.1 Å². The highest BCUT2D eigenvalue weighted by molar-refractivity contribution is 5.21. The van der Waals surface area contributed by atoms with Gasteiger partial charge in [0.25, 0.3) is 0 Å². The number of rotatable bonds is 6. The second kappa shape index (κ2) is 7.57. The SMILES string of the molecule is CC1CCN(CCCOc2ccc(F)cc2)CC1ON. The van der Waals surface area contributed by atoms with Crippen LogP contribution in [-0.2, 0) is 4.84 Å². The van der Waals surface area contributed by atoms with Crippen molar-refractivity contribution in [1.29, 1.82) is 0 Å². The van der Waals surface area contributed by atoms with E-state index in [-0.39, 0.29) is 11.9 Å². The van der Waals surface area contributed by atoms with E-state index in [0.29, 0.717) is 18.3 Å². The summed E-state index contributed by atoms with van der Waals surface area (Å²) in [6.45, 7) is 5.73. The van der Waals surface area contributed by atoms with E-state index < -0.39 is 0 Å². The molecule has 0 aliphatic carbocycles. The zero-order valence-corrected chi connectivity index (χ0v) is 11.9. The molecular weight excluding hydrogens is 259 g/mol. The fourth-order valence-electron chi connectivity index (χ4n) is 2.49. The minimum Gasteiger partial charge on any atom is -0.494 e. The quantitative estimate of drug-likeness (QED) is 0.642. The molecule has 0 amide bonds. The largest absolute Gasteiger partial charge is 0.494 e. The summed E-state index contributed by atoms with van der Waals surface area (Å²) in [6.07, 6.45) is 2.17. The number of benzene rings is 1. The first kappa shape index (κ1) is 15.2. The van der Waals surface area contributed by atoms with Crippen LogP contribution in [0.5, 0.6) is 5.75 Å². The van der Waals surface area contributed by atoms with E-state index in [2.05, 4.69) is 11.8 Å². The second-order valence-electron chi connectivity index (χ2n) is 5.40. The summed E-state index contributed by atoms with van der Waals surface area (Å²) in [5, 5.41) is 0. The maximum absolute atomic E-state index is 12.7. The van der Waals surface area contributed by atoms with Gasteiger partial charge in [0.15, 0.2) is 0 Å². The zero-order valence-electron chi connectivity index (χ0n) is 11.9. The fourth-order valence-corrected chi connectivity index (χ4v) is 2.49. The molecule has 2 unspecified atom stereocenters. The average Bonchev–Trinajstić information content (AvgIpc) is 2.47. The topological polar surface area (TPSA) is 47.7 Å². The highest BCUT2D eigenvalue weighted by Gasteiger charge is 2.26. The molecule has 2 atom stereocenters. The summed E-state index contributed by atoms with van der Waals surface area (Å²) in [4.78, 5) is 7.36. The number of nitrogens with zero attached hydrogens (tertiary/aromatic N) is 1. The summed E-state index contributed by atoms with van der Waals surface area (Å²) >= 11 is 0. The molecule has 1 heterocycles. The van der Waals surface area contributed by atoms with Gasteiger partial charge in [-0.25, -0.2) is 10.3 Å². The van der Waals surface area contributed by atoms with Crippen LogP contribution in [0.3, 0.4) is 0 Å². The number of halogens is 1. The van der Waals surface area contributed by atoms with Crippen molar-refractivity contribution >= 4 is 0 Å². The lowest BCUT2D eigenvalue weighted by atomic mass is 9.96. The molecule has 1 aliphatic heterocycles. The molecule has 0 spiro atoms. The molecule has 5 heteroatoms. The van der Waals surface area contributed by atoms with Gasteiger partial charge in [-0.1, -0.05) is 6.92 Å². The van der Waals surface area contributed by atoms with E-state index in [1.807, 2.05) is 0 Å². The number of likely N-dealkylation sites (tertiary alicyclic amines) is 1. The van der Waals surface area contributed by atoms with Gasteiger partial charge in [-0.05, 0) is 49.6 Å². The van der Waals surface area contributed by atoms with Gasteiger partial charge in [0.1, 0.15) is 11.6 Å². The Balaban J connectivity index is 1.65. The molecule has 20 heavy (non-hydrogen) atoms. The van der Waals surface area contributed by atoms with Crippen LogP contribution in [0, 0.1) is 11.7 Å². The van der Waals surface area contributed by atoms with Crippen molar-refractivity contribution in [2.75, 3.05) is 26.2 Å². The number of ether oxygens (including phenoxy) is 1. The minimum absolute atomic E-state index is 0.127. The van der Waals surface area contributed by atoms with Crippen LogP contribution in [0.4, 0.5) is 4.39 Å². The molecule has 112 valence electrons. The molecule has 0 aromatic heterocycles. The van der Waals surface area contributed by atoms with Crippen LogP contribution in [-0.4, -0.2) is 37.2 Å². The van der Waals surface area contributed by atoms with Crippen molar-refractivity contribution in [2.24, 2.45) is 11.8 Å². The fraction of sp³-hybridized carbons (Fsp3) is 0.600. The Hall–Kier alpha value is -1.17. The third-order valence-electron chi connectivity index (χ3n) is 3.85. The zero-order chi connectivity index (χ0) is 14.4. The van der Waals surface area contributed by atoms with Crippen molar-refractivity contribution in [3.8, 4) is 5.75 Å². The minimum atomic E-state index is -0.243. The van der Waals surface area contributed by atoms with Gasteiger partial charge in [0, 0.05) is 13.1 Å². The summed E-state index contributed by atoms with van der Waals surface area (Å²) in [6, 6.07) is 6.11. The predicted molar refractivity (Wildman–Crippen MR) is 75.8 cm³/mol.